The molecule has 0 bridgehead atoms. The van der Waals surface area contributed by atoms with Crippen molar-refractivity contribution in [2.75, 3.05) is 6.54 Å². The molecule has 0 radical (unpaired) electrons. The standard InChI is InChI=1S/C16H20N2/c1-3-7-17-10-14-9-16(12-18-11-14)15-6-4-5-13(2)8-15/h4-6,8-9,11-12,17H,3,7,10H2,1-2H3. The molecule has 0 spiro atoms. The minimum atomic E-state index is 0.889. The molecule has 0 aliphatic heterocycles. The van der Waals surface area contributed by atoms with E-state index in [9.17, 15) is 0 Å². The molecule has 2 nitrogen and oxygen atoms in total. The Labute approximate surface area is 109 Å². The van der Waals surface area contributed by atoms with Crippen molar-refractivity contribution in [3.05, 3.63) is 53.9 Å². The minimum absolute atomic E-state index is 0.889. The van der Waals surface area contributed by atoms with E-state index in [4.69, 9.17) is 0 Å². The Kier molecular flexibility index (Phi) is 4.48. The van der Waals surface area contributed by atoms with Gasteiger partial charge < -0.3 is 5.32 Å². The number of pyridine rings is 1. The van der Waals surface area contributed by atoms with Gasteiger partial charge in [0, 0.05) is 24.5 Å². The van der Waals surface area contributed by atoms with E-state index < -0.39 is 0 Å². The highest BCUT2D eigenvalue weighted by Crippen LogP contribution is 2.20. The largest absolute Gasteiger partial charge is 0.313 e. The van der Waals surface area contributed by atoms with Gasteiger partial charge in [0.2, 0.25) is 0 Å². The Hall–Kier alpha value is -1.67. The summed E-state index contributed by atoms with van der Waals surface area (Å²) in [5.41, 5.74) is 4.94. The number of benzene rings is 1. The highest BCUT2D eigenvalue weighted by molar-refractivity contribution is 5.63. The Balaban J connectivity index is 2.16. The van der Waals surface area contributed by atoms with Crippen molar-refractivity contribution < 1.29 is 0 Å². The molecule has 2 heteroatoms. The van der Waals surface area contributed by atoms with Gasteiger partial charge in [0.15, 0.2) is 0 Å². The van der Waals surface area contributed by atoms with Crippen molar-refractivity contribution in [2.45, 2.75) is 26.8 Å². The number of rotatable bonds is 5. The third kappa shape index (κ3) is 3.41. The molecule has 0 unspecified atom stereocenters. The number of aromatic nitrogens is 1. The van der Waals surface area contributed by atoms with Crippen LogP contribution in [0.3, 0.4) is 0 Å². The first-order chi connectivity index (χ1) is 8.79. The van der Waals surface area contributed by atoms with Crippen LogP contribution in [0.5, 0.6) is 0 Å². The molecule has 2 aromatic rings. The fraction of sp³-hybridized carbons (Fsp3) is 0.312. The van der Waals surface area contributed by atoms with Crippen LogP contribution in [0.2, 0.25) is 0 Å². The maximum absolute atomic E-state index is 4.33. The van der Waals surface area contributed by atoms with Gasteiger partial charge in [-0.05, 0) is 37.1 Å². The average molecular weight is 240 g/mol. The summed E-state index contributed by atoms with van der Waals surface area (Å²) >= 11 is 0. The molecule has 18 heavy (non-hydrogen) atoms. The number of nitrogens with one attached hydrogen (secondary N) is 1. The fourth-order valence-electron chi connectivity index (χ4n) is 1.98. The highest BCUT2D eigenvalue weighted by atomic mass is 14.8. The fourth-order valence-corrected chi connectivity index (χ4v) is 1.98. The van der Waals surface area contributed by atoms with Crippen LogP contribution in [0.1, 0.15) is 24.5 Å². The molecule has 1 aromatic carbocycles. The van der Waals surface area contributed by atoms with Gasteiger partial charge in [-0.25, -0.2) is 0 Å². The second kappa shape index (κ2) is 6.31. The van der Waals surface area contributed by atoms with Crippen molar-refractivity contribution in [1.82, 2.24) is 10.3 Å². The molecular formula is C16H20N2. The lowest BCUT2D eigenvalue weighted by Crippen LogP contribution is -2.13. The van der Waals surface area contributed by atoms with Crippen molar-refractivity contribution >= 4 is 0 Å². The van der Waals surface area contributed by atoms with Crippen molar-refractivity contribution in [3.63, 3.8) is 0 Å². The zero-order valence-corrected chi connectivity index (χ0v) is 11.1. The molecule has 2 rings (SSSR count). The van der Waals surface area contributed by atoms with Crippen LogP contribution < -0.4 is 5.32 Å². The molecule has 94 valence electrons. The van der Waals surface area contributed by atoms with Crippen LogP contribution in [0, 0.1) is 6.92 Å². The Morgan fingerprint density at radius 1 is 1.11 bits per heavy atom. The smallest absolute Gasteiger partial charge is 0.0346 e. The van der Waals surface area contributed by atoms with E-state index in [1.807, 2.05) is 12.4 Å². The third-order valence-corrected chi connectivity index (χ3v) is 2.90. The third-order valence-electron chi connectivity index (χ3n) is 2.90. The van der Waals surface area contributed by atoms with Crippen LogP contribution >= 0.6 is 0 Å². The van der Waals surface area contributed by atoms with Gasteiger partial charge in [0.05, 0.1) is 0 Å². The lowest BCUT2D eigenvalue weighted by atomic mass is 10.0. The maximum Gasteiger partial charge on any atom is 0.0346 e. The lowest BCUT2D eigenvalue weighted by molar-refractivity contribution is 0.674. The summed E-state index contributed by atoms with van der Waals surface area (Å²) in [5.74, 6) is 0. The number of hydrogen-bond donors (Lipinski definition) is 1. The highest BCUT2D eigenvalue weighted by Gasteiger charge is 2.00. The van der Waals surface area contributed by atoms with E-state index in [0.717, 1.165) is 19.5 Å². The predicted octanol–water partition coefficient (Wildman–Crippen LogP) is 3.56. The summed E-state index contributed by atoms with van der Waals surface area (Å²) < 4.78 is 0. The zero-order valence-electron chi connectivity index (χ0n) is 11.1. The Morgan fingerprint density at radius 3 is 2.78 bits per heavy atom. The van der Waals surface area contributed by atoms with E-state index in [-0.39, 0.29) is 0 Å². The Morgan fingerprint density at radius 2 is 2.00 bits per heavy atom. The summed E-state index contributed by atoms with van der Waals surface area (Å²) in [5, 5.41) is 3.40. The van der Waals surface area contributed by atoms with E-state index in [1.54, 1.807) is 0 Å². The van der Waals surface area contributed by atoms with Crippen molar-refractivity contribution in [1.29, 1.82) is 0 Å². The van der Waals surface area contributed by atoms with Crippen LogP contribution in [0.15, 0.2) is 42.7 Å². The monoisotopic (exact) mass is 240 g/mol. The van der Waals surface area contributed by atoms with E-state index in [0.29, 0.717) is 0 Å². The van der Waals surface area contributed by atoms with Crippen molar-refractivity contribution in [3.8, 4) is 11.1 Å². The van der Waals surface area contributed by atoms with Gasteiger partial charge in [-0.2, -0.15) is 0 Å². The van der Waals surface area contributed by atoms with Crippen LogP contribution in [-0.4, -0.2) is 11.5 Å². The van der Waals surface area contributed by atoms with E-state index >= 15 is 0 Å². The SMILES string of the molecule is CCCNCc1cncc(-c2cccc(C)c2)c1. The molecule has 0 amide bonds. The molecule has 1 aromatic heterocycles. The summed E-state index contributed by atoms with van der Waals surface area (Å²) in [4.78, 5) is 4.33. The van der Waals surface area contributed by atoms with E-state index in [1.165, 1.54) is 22.3 Å². The first-order valence-electron chi connectivity index (χ1n) is 6.51. The first-order valence-corrected chi connectivity index (χ1v) is 6.51. The van der Waals surface area contributed by atoms with Crippen LogP contribution in [0.25, 0.3) is 11.1 Å². The summed E-state index contributed by atoms with van der Waals surface area (Å²) in [6.07, 6.45) is 5.02. The molecule has 0 aliphatic rings. The Bertz CT molecular complexity index is 506. The number of nitrogens with zero attached hydrogens (tertiary/aromatic N) is 1. The average Bonchev–Trinajstić information content (AvgIpc) is 2.39. The quantitative estimate of drug-likeness (QED) is 0.808. The lowest BCUT2D eigenvalue weighted by Gasteiger charge is -2.06. The molecule has 1 heterocycles. The molecule has 0 saturated heterocycles. The summed E-state index contributed by atoms with van der Waals surface area (Å²) in [6.45, 7) is 6.23. The molecular weight excluding hydrogens is 220 g/mol. The van der Waals surface area contributed by atoms with Gasteiger partial charge in [0.25, 0.3) is 0 Å². The van der Waals surface area contributed by atoms with E-state index in [2.05, 4.69) is 54.5 Å². The topological polar surface area (TPSA) is 24.9 Å². The summed E-state index contributed by atoms with van der Waals surface area (Å²) in [6, 6.07) is 10.7. The summed E-state index contributed by atoms with van der Waals surface area (Å²) in [7, 11) is 0. The predicted molar refractivity (Wildman–Crippen MR) is 76.4 cm³/mol. The van der Waals surface area contributed by atoms with Gasteiger partial charge >= 0.3 is 0 Å². The number of aryl methyl sites for hydroxylation is 1. The molecule has 0 aliphatic carbocycles. The first kappa shape index (κ1) is 12.8. The molecule has 0 saturated carbocycles. The molecule has 0 atom stereocenters. The second-order valence-corrected chi connectivity index (χ2v) is 4.63. The van der Waals surface area contributed by atoms with Crippen LogP contribution in [-0.2, 0) is 6.54 Å². The maximum atomic E-state index is 4.33. The molecule has 0 fully saturated rings. The van der Waals surface area contributed by atoms with Gasteiger partial charge in [-0.15, -0.1) is 0 Å². The van der Waals surface area contributed by atoms with Crippen LogP contribution in [0.4, 0.5) is 0 Å². The van der Waals surface area contributed by atoms with Gasteiger partial charge in [-0.1, -0.05) is 36.8 Å². The zero-order chi connectivity index (χ0) is 12.8. The minimum Gasteiger partial charge on any atom is -0.313 e. The van der Waals surface area contributed by atoms with Gasteiger partial charge in [-0.3, -0.25) is 4.98 Å². The van der Waals surface area contributed by atoms with Crippen molar-refractivity contribution in [2.24, 2.45) is 0 Å². The molecule has 1 N–H and O–H groups in total. The second-order valence-electron chi connectivity index (χ2n) is 4.63. The normalized spacial score (nSPS) is 10.6. The van der Waals surface area contributed by atoms with Gasteiger partial charge in [0.1, 0.15) is 0 Å². The number of hydrogen-bond acceptors (Lipinski definition) is 2.